The first kappa shape index (κ1) is 26.5. The Morgan fingerprint density at radius 2 is 0.913 bits per heavy atom. The molecular weight excluding hydrogens is 581 g/mol. The molecule has 0 saturated heterocycles. The van der Waals surface area contributed by atoms with Gasteiger partial charge in [0.05, 0.1) is 15.7 Å². The first-order valence-electron chi connectivity index (χ1n) is 15.3. The van der Waals surface area contributed by atoms with Gasteiger partial charge in [0.15, 0.2) is 17.5 Å². The highest BCUT2D eigenvalue weighted by Gasteiger charge is 2.21. The molecule has 0 fully saturated rings. The molecule has 46 heavy (non-hydrogen) atoms. The second-order valence-electron chi connectivity index (χ2n) is 11.3. The zero-order valence-corrected chi connectivity index (χ0v) is 25.5. The maximum absolute atomic E-state index is 5.06. The Kier molecular flexibility index (Phi) is 6.28. The fourth-order valence-electron chi connectivity index (χ4n) is 6.30. The molecule has 0 amide bonds. The van der Waals surface area contributed by atoms with Gasteiger partial charge in [-0.2, -0.15) is 0 Å². The molecule has 0 atom stereocenters. The molecule has 4 nitrogen and oxygen atoms in total. The highest BCUT2D eigenvalue weighted by molar-refractivity contribution is 7.27. The minimum Gasteiger partial charge on any atom is -0.308 e. The summed E-state index contributed by atoms with van der Waals surface area (Å²) in [7, 11) is 0. The summed E-state index contributed by atoms with van der Waals surface area (Å²) in [5, 5.41) is 2.42. The Balaban J connectivity index is 1.27. The summed E-state index contributed by atoms with van der Waals surface area (Å²) < 4.78 is 4.82. The molecular formula is C41H26N4S. The Morgan fingerprint density at radius 1 is 0.391 bits per heavy atom. The highest BCUT2D eigenvalue weighted by Crippen LogP contribution is 2.45. The smallest absolute Gasteiger partial charge is 0.165 e. The van der Waals surface area contributed by atoms with Gasteiger partial charge in [0.2, 0.25) is 0 Å². The predicted molar refractivity (Wildman–Crippen MR) is 191 cm³/mol. The number of fused-ring (bicyclic) bond motifs is 5. The highest BCUT2D eigenvalue weighted by atomic mass is 32.1. The molecule has 0 radical (unpaired) electrons. The SMILES string of the molecule is c1ccc(-c2ccc(-n3c4ccccc4c4sc5c(-c6nc(-c7ccccc7)nc(-c7ccccc7)n6)cccc5c43)cc2)cc1. The topological polar surface area (TPSA) is 43.6 Å². The van der Waals surface area contributed by atoms with Crippen molar-refractivity contribution in [2.45, 2.75) is 0 Å². The van der Waals surface area contributed by atoms with Gasteiger partial charge in [-0.15, -0.1) is 11.3 Å². The van der Waals surface area contributed by atoms with Crippen LogP contribution in [0.4, 0.5) is 0 Å². The number of nitrogens with zero attached hydrogens (tertiary/aromatic N) is 4. The van der Waals surface area contributed by atoms with E-state index in [2.05, 4.69) is 102 Å². The molecule has 216 valence electrons. The summed E-state index contributed by atoms with van der Waals surface area (Å²) in [6.07, 6.45) is 0. The van der Waals surface area contributed by atoms with Crippen molar-refractivity contribution in [3.8, 4) is 51.0 Å². The molecule has 5 heteroatoms. The molecule has 0 aliphatic heterocycles. The van der Waals surface area contributed by atoms with E-state index in [1.807, 2.05) is 72.0 Å². The van der Waals surface area contributed by atoms with Crippen molar-refractivity contribution in [2.24, 2.45) is 0 Å². The molecule has 6 aromatic carbocycles. The number of hydrogen-bond acceptors (Lipinski definition) is 4. The number of hydrogen-bond donors (Lipinski definition) is 0. The summed E-state index contributed by atoms with van der Waals surface area (Å²) in [6, 6.07) is 54.9. The zero-order valence-electron chi connectivity index (χ0n) is 24.7. The molecule has 0 aliphatic rings. The van der Waals surface area contributed by atoms with Crippen LogP contribution in [0.25, 0.3) is 82.2 Å². The van der Waals surface area contributed by atoms with Crippen molar-refractivity contribution in [1.29, 1.82) is 0 Å². The lowest BCUT2D eigenvalue weighted by Crippen LogP contribution is -2.00. The number of thiophene rings is 1. The van der Waals surface area contributed by atoms with Gasteiger partial charge in [0.1, 0.15) is 0 Å². The molecule has 3 heterocycles. The summed E-state index contributed by atoms with van der Waals surface area (Å²) in [5.41, 5.74) is 8.88. The van der Waals surface area contributed by atoms with Crippen molar-refractivity contribution in [2.75, 3.05) is 0 Å². The first-order chi connectivity index (χ1) is 22.8. The quantitative estimate of drug-likeness (QED) is 0.196. The monoisotopic (exact) mass is 606 g/mol. The van der Waals surface area contributed by atoms with Crippen LogP contribution in [0.2, 0.25) is 0 Å². The number of para-hydroxylation sites is 1. The van der Waals surface area contributed by atoms with E-state index in [1.54, 1.807) is 0 Å². The minimum atomic E-state index is 0.663. The average Bonchev–Trinajstić information content (AvgIpc) is 3.68. The second-order valence-corrected chi connectivity index (χ2v) is 12.3. The van der Waals surface area contributed by atoms with E-state index >= 15 is 0 Å². The van der Waals surface area contributed by atoms with Crippen LogP contribution in [0.5, 0.6) is 0 Å². The summed E-state index contributed by atoms with van der Waals surface area (Å²) in [6.45, 7) is 0. The lowest BCUT2D eigenvalue weighted by atomic mass is 10.1. The van der Waals surface area contributed by atoms with Crippen molar-refractivity contribution >= 4 is 42.5 Å². The van der Waals surface area contributed by atoms with Crippen LogP contribution in [-0.2, 0) is 0 Å². The van der Waals surface area contributed by atoms with Gasteiger partial charge in [-0.1, -0.05) is 133 Å². The molecule has 0 aliphatic carbocycles. The average molecular weight is 607 g/mol. The van der Waals surface area contributed by atoms with Crippen LogP contribution in [0.3, 0.4) is 0 Å². The van der Waals surface area contributed by atoms with Crippen LogP contribution in [0, 0.1) is 0 Å². The van der Waals surface area contributed by atoms with Gasteiger partial charge in [0.25, 0.3) is 0 Å². The molecule has 9 rings (SSSR count). The van der Waals surface area contributed by atoms with E-state index < -0.39 is 0 Å². The molecule has 0 spiro atoms. The van der Waals surface area contributed by atoms with Crippen LogP contribution < -0.4 is 0 Å². The number of rotatable bonds is 5. The molecule has 9 aromatic rings. The van der Waals surface area contributed by atoms with Gasteiger partial charge in [-0.25, -0.2) is 15.0 Å². The normalized spacial score (nSPS) is 11.5. The largest absolute Gasteiger partial charge is 0.308 e. The lowest BCUT2D eigenvalue weighted by Gasteiger charge is -2.11. The van der Waals surface area contributed by atoms with Crippen molar-refractivity contribution in [1.82, 2.24) is 19.5 Å². The summed E-state index contributed by atoms with van der Waals surface area (Å²) >= 11 is 1.81. The molecule has 0 saturated carbocycles. The van der Waals surface area contributed by atoms with Crippen LogP contribution in [0.15, 0.2) is 158 Å². The van der Waals surface area contributed by atoms with Crippen LogP contribution in [0.1, 0.15) is 0 Å². The molecule has 3 aromatic heterocycles. The maximum atomic E-state index is 5.06. The fraction of sp³-hybridized carbons (Fsp3) is 0. The Hall–Kier alpha value is -5.91. The van der Waals surface area contributed by atoms with Gasteiger partial charge >= 0.3 is 0 Å². The van der Waals surface area contributed by atoms with E-state index in [9.17, 15) is 0 Å². The Labute approximate surface area is 269 Å². The fourth-order valence-corrected chi connectivity index (χ4v) is 7.63. The van der Waals surface area contributed by atoms with Crippen molar-refractivity contribution < 1.29 is 0 Å². The van der Waals surface area contributed by atoms with E-state index in [4.69, 9.17) is 15.0 Å². The maximum Gasteiger partial charge on any atom is 0.165 e. The molecule has 0 unspecified atom stereocenters. The Morgan fingerprint density at radius 3 is 1.57 bits per heavy atom. The summed E-state index contributed by atoms with van der Waals surface area (Å²) in [5.74, 6) is 2.00. The predicted octanol–water partition coefficient (Wildman–Crippen LogP) is 10.9. The molecule has 0 bridgehead atoms. The van der Waals surface area contributed by atoms with Gasteiger partial charge in [-0.3, -0.25) is 0 Å². The lowest BCUT2D eigenvalue weighted by molar-refractivity contribution is 1.08. The third-order valence-electron chi connectivity index (χ3n) is 8.48. The van der Waals surface area contributed by atoms with Crippen molar-refractivity contribution in [3.63, 3.8) is 0 Å². The summed E-state index contributed by atoms with van der Waals surface area (Å²) in [4.78, 5) is 15.0. The van der Waals surface area contributed by atoms with E-state index in [1.165, 1.54) is 37.6 Å². The van der Waals surface area contributed by atoms with E-state index in [0.29, 0.717) is 17.5 Å². The van der Waals surface area contributed by atoms with Crippen molar-refractivity contribution in [3.05, 3.63) is 158 Å². The third-order valence-corrected chi connectivity index (χ3v) is 9.74. The third kappa shape index (κ3) is 4.40. The second kappa shape index (κ2) is 10.9. The minimum absolute atomic E-state index is 0.663. The molecule has 0 N–H and O–H groups in total. The van der Waals surface area contributed by atoms with Gasteiger partial charge in [0, 0.05) is 37.9 Å². The first-order valence-corrected chi connectivity index (χ1v) is 16.1. The van der Waals surface area contributed by atoms with E-state index in [0.717, 1.165) is 27.1 Å². The van der Waals surface area contributed by atoms with Crippen LogP contribution >= 0.6 is 11.3 Å². The number of aromatic nitrogens is 4. The standard InChI is InChI=1S/C41H26N4S/c1-4-13-27(14-5-1)28-23-25-31(26-24-28)45-35-22-11-10-19-32(35)38-36(45)33-20-12-21-34(37(33)46-38)41-43-39(29-15-6-2-7-16-29)42-40(44-41)30-17-8-3-9-18-30/h1-26H. The Bertz CT molecular complexity index is 2440. The number of benzene rings is 6. The van der Waals surface area contributed by atoms with Crippen LogP contribution in [-0.4, -0.2) is 19.5 Å². The van der Waals surface area contributed by atoms with Gasteiger partial charge in [-0.05, 0) is 35.4 Å². The van der Waals surface area contributed by atoms with Gasteiger partial charge < -0.3 is 4.57 Å². The van der Waals surface area contributed by atoms with E-state index in [-0.39, 0.29) is 0 Å². The zero-order chi connectivity index (χ0) is 30.5.